The summed E-state index contributed by atoms with van der Waals surface area (Å²) in [7, 11) is 0. The molecule has 4 aromatic rings. The number of carbonyl (C=O) groups is 2. The fourth-order valence-electron chi connectivity index (χ4n) is 4.20. The number of aromatic nitrogens is 2. The van der Waals surface area contributed by atoms with E-state index in [-0.39, 0.29) is 11.8 Å². The number of hydrogen-bond donors (Lipinski definition) is 1. The first kappa shape index (κ1) is 23.5. The Hall–Kier alpha value is -4.23. The molecular formula is C29H28N4O3. The summed E-state index contributed by atoms with van der Waals surface area (Å²) in [6.45, 7) is 6.39. The van der Waals surface area contributed by atoms with Crippen LogP contribution in [0.3, 0.4) is 0 Å². The number of para-hydroxylation sites is 1. The second-order valence-corrected chi connectivity index (χ2v) is 8.91. The molecule has 2 heterocycles. The number of nitrogens with zero attached hydrogens (tertiary/aromatic N) is 3. The van der Waals surface area contributed by atoms with E-state index < -0.39 is 0 Å². The van der Waals surface area contributed by atoms with Crippen LogP contribution < -0.4 is 5.32 Å². The molecule has 0 bridgehead atoms. The summed E-state index contributed by atoms with van der Waals surface area (Å²) in [5.41, 5.74) is 6.33. The number of benzene rings is 3. The number of nitrogens with one attached hydrogen (secondary N) is 1. The molecule has 7 nitrogen and oxygen atoms in total. The molecule has 0 atom stereocenters. The third kappa shape index (κ3) is 4.92. The number of morpholine rings is 1. The van der Waals surface area contributed by atoms with Gasteiger partial charge in [0.2, 0.25) is 0 Å². The number of carbonyl (C=O) groups excluding carboxylic acids is 2. The lowest BCUT2D eigenvalue weighted by molar-refractivity contribution is 0.0303. The zero-order valence-electron chi connectivity index (χ0n) is 20.4. The Balaban J connectivity index is 1.42. The maximum Gasteiger partial charge on any atom is 0.259 e. The summed E-state index contributed by atoms with van der Waals surface area (Å²) in [5, 5.41) is 7.74. The maximum atomic E-state index is 13.4. The van der Waals surface area contributed by atoms with Gasteiger partial charge in [0.25, 0.3) is 11.8 Å². The van der Waals surface area contributed by atoms with Gasteiger partial charge in [-0.1, -0.05) is 30.3 Å². The molecule has 1 aliphatic rings. The van der Waals surface area contributed by atoms with Crippen LogP contribution in [0.1, 0.15) is 31.8 Å². The molecule has 1 aliphatic heterocycles. The normalized spacial score (nSPS) is 13.4. The van der Waals surface area contributed by atoms with Crippen molar-refractivity contribution in [1.82, 2.24) is 14.7 Å². The smallest absolute Gasteiger partial charge is 0.259 e. The van der Waals surface area contributed by atoms with Gasteiger partial charge in [-0.05, 0) is 67.4 Å². The molecule has 1 aromatic heterocycles. The van der Waals surface area contributed by atoms with Crippen LogP contribution in [0.25, 0.3) is 16.9 Å². The van der Waals surface area contributed by atoms with Gasteiger partial charge in [-0.25, -0.2) is 4.68 Å². The summed E-state index contributed by atoms with van der Waals surface area (Å²) in [5.74, 6) is -0.296. The maximum absolute atomic E-state index is 13.4. The average Bonchev–Trinajstić information content (AvgIpc) is 3.37. The minimum absolute atomic E-state index is 0.0302. The third-order valence-electron chi connectivity index (χ3n) is 6.45. The SMILES string of the molecule is Cc1ccc(-c2nn(-c3ccccc3)cc2C(=O)Nc2ccc(C(=O)N3CCOCC3)cc2)cc1C. The Morgan fingerprint density at radius 2 is 1.61 bits per heavy atom. The Morgan fingerprint density at radius 3 is 2.31 bits per heavy atom. The molecule has 182 valence electrons. The molecule has 2 amide bonds. The van der Waals surface area contributed by atoms with Crippen LogP contribution in [0.2, 0.25) is 0 Å². The van der Waals surface area contributed by atoms with Crippen molar-refractivity contribution in [1.29, 1.82) is 0 Å². The zero-order valence-corrected chi connectivity index (χ0v) is 20.4. The minimum Gasteiger partial charge on any atom is -0.378 e. The molecule has 0 aliphatic carbocycles. The van der Waals surface area contributed by atoms with Gasteiger partial charge in [-0.3, -0.25) is 9.59 Å². The summed E-state index contributed by atoms with van der Waals surface area (Å²) in [6.07, 6.45) is 1.76. The average molecular weight is 481 g/mol. The predicted octanol–water partition coefficient (Wildman–Crippen LogP) is 4.88. The highest BCUT2D eigenvalue weighted by Crippen LogP contribution is 2.27. The molecule has 36 heavy (non-hydrogen) atoms. The van der Waals surface area contributed by atoms with Crippen LogP contribution >= 0.6 is 0 Å². The van der Waals surface area contributed by atoms with E-state index in [9.17, 15) is 9.59 Å². The molecule has 1 N–H and O–H groups in total. The molecule has 1 saturated heterocycles. The molecule has 7 heteroatoms. The highest BCUT2D eigenvalue weighted by Gasteiger charge is 2.21. The molecule has 0 saturated carbocycles. The van der Waals surface area contributed by atoms with Crippen molar-refractivity contribution in [3.05, 3.63) is 101 Å². The fraction of sp³-hybridized carbons (Fsp3) is 0.207. The lowest BCUT2D eigenvalue weighted by Crippen LogP contribution is -2.40. The van der Waals surface area contributed by atoms with Crippen LogP contribution in [0, 0.1) is 13.8 Å². The van der Waals surface area contributed by atoms with Crippen LogP contribution in [0.5, 0.6) is 0 Å². The largest absolute Gasteiger partial charge is 0.378 e. The minimum atomic E-state index is -0.266. The van der Waals surface area contributed by atoms with E-state index >= 15 is 0 Å². The predicted molar refractivity (Wildman–Crippen MR) is 140 cm³/mol. The molecule has 3 aromatic carbocycles. The lowest BCUT2D eigenvalue weighted by atomic mass is 10.0. The van der Waals surface area contributed by atoms with E-state index in [0.717, 1.165) is 16.8 Å². The Labute approximate surface area is 210 Å². The number of amides is 2. The Kier molecular flexibility index (Phi) is 6.64. The van der Waals surface area contributed by atoms with E-state index in [1.165, 1.54) is 5.56 Å². The number of aryl methyl sites for hydroxylation is 2. The summed E-state index contributed by atoms with van der Waals surface area (Å²) >= 11 is 0. The van der Waals surface area contributed by atoms with Gasteiger partial charge < -0.3 is 15.0 Å². The van der Waals surface area contributed by atoms with Gasteiger partial charge in [0.1, 0.15) is 5.69 Å². The van der Waals surface area contributed by atoms with Crippen molar-refractivity contribution in [2.24, 2.45) is 0 Å². The van der Waals surface area contributed by atoms with Crippen molar-refractivity contribution in [3.63, 3.8) is 0 Å². The molecule has 0 spiro atoms. The second-order valence-electron chi connectivity index (χ2n) is 8.91. The van der Waals surface area contributed by atoms with E-state index in [4.69, 9.17) is 9.84 Å². The van der Waals surface area contributed by atoms with E-state index in [1.807, 2.05) is 49.4 Å². The van der Waals surface area contributed by atoms with E-state index in [0.29, 0.717) is 48.8 Å². The number of hydrogen-bond acceptors (Lipinski definition) is 4. The third-order valence-corrected chi connectivity index (χ3v) is 6.45. The lowest BCUT2D eigenvalue weighted by Gasteiger charge is -2.26. The van der Waals surface area contributed by atoms with E-state index in [2.05, 4.69) is 18.3 Å². The summed E-state index contributed by atoms with van der Waals surface area (Å²) < 4.78 is 7.05. The molecule has 5 rings (SSSR count). The van der Waals surface area contributed by atoms with E-state index in [1.54, 1.807) is 40.0 Å². The quantitative estimate of drug-likeness (QED) is 0.442. The highest BCUT2D eigenvalue weighted by atomic mass is 16.5. The van der Waals surface area contributed by atoms with Crippen LogP contribution in [0.15, 0.2) is 79.0 Å². The number of ether oxygens (including phenoxy) is 1. The molecule has 0 unspecified atom stereocenters. The molecule has 0 radical (unpaired) electrons. The van der Waals surface area contributed by atoms with Crippen LogP contribution in [0.4, 0.5) is 5.69 Å². The van der Waals surface area contributed by atoms with Crippen LogP contribution in [-0.4, -0.2) is 52.8 Å². The van der Waals surface area contributed by atoms with Gasteiger partial charge in [-0.2, -0.15) is 5.10 Å². The summed E-state index contributed by atoms with van der Waals surface area (Å²) in [6, 6.07) is 22.8. The molecular weight excluding hydrogens is 452 g/mol. The molecule has 1 fully saturated rings. The number of anilines is 1. The van der Waals surface area contributed by atoms with Crippen molar-refractivity contribution in [2.75, 3.05) is 31.6 Å². The van der Waals surface area contributed by atoms with Gasteiger partial charge in [0.15, 0.2) is 0 Å². The van der Waals surface area contributed by atoms with Crippen molar-refractivity contribution in [2.45, 2.75) is 13.8 Å². The van der Waals surface area contributed by atoms with Crippen molar-refractivity contribution < 1.29 is 14.3 Å². The summed E-state index contributed by atoms with van der Waals surface area (Å²) in [4.78, 5) is 27.9. The van der Waals surface area contributed by atoms with Gasteiger partial charge >= 0.3 is 0 Å². The fourth-order valence-corrected chi connectivity index (χ4v) is 4.20. The standard InChI is InChI=1S/C29H28N4O3/c1-20-8-9-23(18-21(20)2)27-26(19-33(31-27)25-6-4-3-5-7-25)28(34)30-24-12-10-22(11-13-24)29(35)32-14-16-36-17-15-32/h3-13,18-19H,14-17H2,1-2H3,(H,30,34). The Bertz CT molecular complexity index is 1390. The Morgan fingerprint density at radius 1 is 0.889 bits per heavy atom. The van der Waals surface area contributed by atoms with Crippen molar-refractivity contribution >= 4 is 17.5 Å². The monoisotopic (exact) mass is 480 g/mol. The van der Waals surface area contributed by atoms with Crippen LogP contribution in [-0.2, 0) is 4.74 Å². The number of rotatable bonds is 5. The first-order chi connectivity index (χ1) is 17.5. The highest BCUT2D eigenvalue weighted by molar-refractivity contribution is 6.08. The second kappa shape index (κ2) is 10.2. The zero-order chi connectivity index (χ0) is 25.1. The van der Waals surface area contributed by atoms with Gasteiger partial charge in [0.05, 0.1) is 24.5 Å². The van der Waals surface area contributed by atoms with Crippen molar-refractivity contribution in [3.8, 4) is 16.9 Å². The topological polar surface area (TPSA) is 76.5 Å². The first-order valence-corrected chi connectivity index (χ1v) is 12.0. The first-order valence-electron chi connectivity index (χ1n) is 12.0. The van der Waals surface area contributed by atoms with Gasteiger partial charge in [-0.15, -0.1) is 0 Å². The van der Waals surface area contributed by atoms with Gasteiger partial charge in [0, 0.05) is 36.1 Å².